The number of hydrogen-bond acceptors (Lipinski definition) is 1. The van der Waals surface area contributed by atoms with Crippen molar-refractivity contribution in [2.45, 2.75) is 51.1 Å². The van der Waals surface area contributed by atoms with Gasteiger partial charge in [-0.05, 0) is 59.7 Å². The molecular weight excluding hydrogens is 466 g/mol. The lowest BCUT2D eigenvalue weighted by Gasteiger charge is -2.29. The fourth-order valence-electron chi connectivity index (χ4n) is 4.39. The number of fused-ring (bicyclic) bond motifs is 3. The maximum absolute atomic E-state index is 15.3. The van der Waals surface area contributed by atoms with Crippen molar-refractivity contribution in [2.24, 2.45) is 0 Å². The third kappa shape index (κ3) is 4.56. The molecule has 184 valence electrons. The Labute approximate surface area is 200 Å². The Hall–Kier alpha value is -3.22. The van der Waals surface area contributed by atoms with Gasteiger partial charge in [-0.2, -0.15) is 8.78 Å². The summed E-state index contributed by atoms with van der Waals surface area (Å²) in [6, 6.07) is 10.3. The number of hydrogen-bond donors (Lipinski definition) is 0. The summed E-state index contributed by atoms with van der Waals surface area (Å²) in [4.78, 5) is 0. The number of halogens is 6. The Morgan fingerprint density at radius 1 is 0.857 bits per heavy atom. The average Bonchev–Trinajstić information content (AvgIpc) is 2.84. The highest BCUT2D eigenvalue weighted by Crippen LogP contribution is 2.52. The molecule has 0 N–H and O–H groups in total. The number of ether oxygens (including phenoxy) is 1. The third-order valence-corrected chi connectivity index (χ3v) is 6.19. The Kier molecular flexibility index (Phi) is 6.97. The maximum atomic E-state index is 15.3. The summed E-state index contributed by atoms with van der Waals surface area (Å²) >= 11 is 0. The zero-order chi connectivity index (χ0) is 25.3. The highest BCUT2D eigenvalue weighted by molar-refractivity contribution is 5.76. The van der Waals surface area contributed by atoms with Gasteiger partial charge in [0.2, 0.25) is 0 Å². The van der Waals surface area contributed by atoms with Crippen LogP contribution in [-0.4, -0.2) is 0 Å². The van der Waals surface area contributed by atoms with Crippen LogP contribution in [0, 0.1) is 11.6 Å². The van der Waals surface area contributed by atoms with E-state index < -0.39 is 52.5 Å². The van der Waals surface area contributed by atoms with Gasteiger partial charge in [-0.25, -0.2) is 17.6 Å². The molecule has 35 heavy (non-hydrogen) atoms. The molecule has 0 fully saturated rings. The van der Waals surface area contributed by atoms with Crippen LogP contribution in [0.15, 0.2) is 61.2 Å². The smallest absolute Gasteiger partial charge is 0.426 e. The van der Waals surface area contributed by atoms with E-state index in [9.17, 15) is 17.6 Å². The molecule has 0 aliphatic heterocycles. The lowest BCUT2D eigenvalue weighted by atomic mass is 9.81. The quantitative estimate of drug-likeness (QED) is 0.226. The minimum atomic E-state index is -3.93. The van der Waals surface area contributed by atoms with Gasteiger partial charge in [-0.3, -0.25) is 0 Å². The van der Waals surface area contributed by atoms with Crippen LogP contribution >= 0.6 is 0 Å². The van der Waals surface area contributed by atoms with Crippen molar-refractivity contribution in [3.63, 3.8) is 0 Å². The molecule has 1 nitrogen and oxygen atoms in total. The number of allylic oxidation sites excluding steroid dienone is 1. The van der Waals surface area contributed by atoms with Crippen molar-refractivity contribution in [1.82, 2.24) is 0 Å². The second-order valence-corrected chi connectivity index (χ2v) is 8.54. The van der Waals surface area contributed by atoms with E-state index in [2.05, 4.69) is 11.3 Å². The lowest BCUT2D eigenvalue weighted by Crippen LogP contribution is -2.23. The molecule has 0 aromatic heterocycles. The van der Waals surface area contributed by atoms with E-state index in [4.69, 9.17) is 0 Å². The highest BCUT2D eigenvalue weighted by Gasteiger charge is 2.41. The molecule has 4 rings (SSSR count). The van der Waals surface area contributed by atoms with Gasteiger partial charge < -0.3 is 4.74 Å². The molecule has 1 aliphatic rings. The summed E-state index contributed by atoms with van der Waals surface area (Å²) in [5, 5.41) is 0. The first kappa shape index (κ1) is 24.9. The summed E-state index contributed by atoms with van der Waals surface area (Å²) in [6.45, 7) is 5.43. The monoisotopic (exact) mass is 490 g/mol. The van der Waals surface area contributed by atoms with Crippen LogP contribution in [0.4, 0.5) is 26.3 Å². The molecule has 0 radical (unpaired) electrons. The number of alkyl halides is 4. The van der Waals surface area contributed by atoms with Crippen molar-refractivity contribution < 1.29 is 31.1 Å². The van der Waals surface area contributed by atoms with Gasteiger partial charge in [0, 0.05) is 11.1 Å². The molecule has 0 bridgehead atoms. The predicted molar refractivity (Wildman–Crippen MR) is 123 cm³/mol. The van der Waals surface area contributed by atoms with Gasteiger partial charge in [0.15, 0.2) is 23.9 Å². The Morgan fingerprint density at radius 2 is 1.46 bits per heavy atom. The fraction of sp³-hybridized carbons (Fsp3) is 0.286. The van der Waals surface area contributed by atoms with Crippen LogP contribution in [0.25, 0.3) is 11.1 Å². The van der Waals surface area contributed by atoms with Crippen LogP contribution < -0.4 is 4.74 Å². The van der Waals surface area contributed by atoms with Crippen LogP contribution in [0.1, 0.15) is 59.9 Å². The van der Waals surface area contributed by atoms with Gasteiger partial charge >= 0.3 is 6.11 Å². The predicted octanol–water partition coefficient (Wildman–Crippen LogP) is 8.87. The second-order valence-electron chi connectivity index (χ2n) is 8.54. The molecule has 3 aromatic rings. The zero-order valence-corrected chi connectivity index (χ0v) is 19.1. The number of benzene rings is 3. The van der Waals surface area contributed by atoms with E-state index in [-0.39, 0.29) is 16.7 Å². The average molecular weight is 490 g/mol. The fourth-order valence-corrected chi connectivity index (χ4v) is 4.39. The molecule has 1 aliphatic carbocycles. The minimum Gasteiger partial charge on any atom is -0.426 e. The van der Waals surface area contributed by atoms with Crippen LogP contribution in [0.5, 0.6) is 5.75 Å². The first-order valence-electron chi connectivity index (χ1n) is 11.4. The molecule has 2 atom stereocenters. The van der Waals surface area contributed by atoms with Gasteiger partial charge in [-0.15, -0.1) is 6.58 Å². The molecule has 0 spiro atoms. The van der Waals surface area contributed by atoms with Crippen molar-refractivity contribution in [2.75, 3.05) is 0 Å². The van der Waals surface area contributed by atoms with Gasteiger partial charge in [-0.1, -0.05) is 49.8 Å². The summed E-state index contributed by atoms with van der Waals surface area (Å²) in [6.07, 6.45) is -5.04. The number of aryl methyl sites for hydroxylation is 2. The molecule has 3 aromatic carbocycles. The molecule has 0 saturated heterocycles. The topological polar surface area (TPSA) is 9.23 Å². The SMILES string of the molecule is C=CCCc1ccc(C(F)(F)Oc2ccc3c(c2F)C(F)C(F)c2c-3ccc(CCC)c2F)cc1. The van der Waals surface area contributed by atoms with Crippen LogP contribution in [0.2, 0.25) is 0 Å². The summed E-state index contributed by atoms with van der Waals surface area (Å²) in [5.74, 6) is -3.23. The molecular formula is C28H24F6O. The lowest BCUT2D eigenvalue weighted by molar-refractivity contribution is -0.187. The molecule has 0 amide bonds. The summed E-state index contributed by atoms with van der Waals surface area (Å²) in [5.41, 5.74) is -0.819. The van der Waals surface area contributed by atoms with E-state index in [0.29, 0.717) is 25.7 Å². The van der Waals surface area contributed by atoms with E-state index in [1.165, 1.54) is 24.3 Å². The maximum Gasteiger partial charge on any atom is 0.426 e. The summed E-state index contributed by atoms with van der Waals surface area (Å²) < 4.78 is 94.5. The van der Waals surface area contributed by atoms with E-state index in [1.807, 2.05) is 6.92 Å². The van der Waals surface area contributed by atoms with Crippen molar-refractivity contribution in [3.05, 3.63) is 101 Å². The Bertz CT molecular complexity index is 1240. The molecule has 0 heterocycles. The highest BCUT2D eigenvalue weighted by atomic mass is 19.3. The first-order chi connectivity index (χ1) is 16.7. The normalized spacial score (nSPS) is 17.0. The van der Waals surface area contributed by atoms with Crippen molar-refractivity contribution in [1.29, 1.82) is 0 Å². The third-order valence-electron chi connectivity index (χ3n) is 6.19. The van der Waals surface area contributed by atoms with E-state index in [1.54, 1.807) is 6.08 Å². The zero-order valence-electron chi connectivity index (χ0n) is 19.1. The molecule has 2 unspecified atom stereocenters. The van der Waals surface area contributed by atoms with Crippen LogP contribution in [0.3, 0.4) is 0 Å². The molecule has 7 heteroatoms. The Morgan fingerprint density at radius 3 is 2.06 bits per heavy atom. The van der Waals surface area contributed by atoms with Crippen LogP contribution in [-0.2, 0) is 19.0 Å². The molecule has 0 saturated carbocycles. The van der Waals surface area contributed by atoms with Crippen molar-refractivity contribution >= 4 is 0 Å². The number of rotatable bonds is 8. The van der Waals surface area contributed by atoms with E-state index in [0.717, 1.165) is 29.8 Å². The summed E-state index contributed by atoms with van der Waals surface area (Å²) in [7, 11) is 0. The second kappa shape index (κ2) is 9.80. The standard InChI is InChI=1S/C28H24F6O/c1-3-5-7-16-8-11-18(12-9-16)28(33,34)35-21-15-14-20-19-13-10-17(6-4-2)24(29)22(19)26(31)27(32)23(20)25(21)30/h3,8-15,26-27H,1,4-7H2,2H3. The minimum absolute atomic E-state index is 0.00826. The first-order valence-corrected chi connectivity index (χ1v) is 11.4. The van der Waals surface area contributed by atoms with Gasteiger partial charge in [0.1, 0.15) is 5.82 Å². The van der Waals surface area contributed by atoms with Crippen molar-refractivity contribution in [3.8, 4) is 16.9 Å². The van der Waals surface area contributed by atoms with E-state index >= 15 is 8.78 Å². The largest absolute Gasteiger partial charge is 0.426 e. The van der Waals surface area contributed by atoms with Gasteiger partial charge in [0.05, 0.1) is 5.56 Å². The van der Waals surface area contributed by atoms with Gasteiger partial charge in [0.25, 0.3) is 0 Å². The Balaban J connectivity index is 1.69.